The van der Waals surface area contributed by atoms with E-state index in [0.29, 0.717) is 0 Å². The molecule has 6 heteroatoms. The van der Waals surface area contributed by atoms with Crippen LogP contribution < -0.4 is 5.32 Å². The van der Waals surface area contributed by atoms with Crippen molar-refractivity contribution in [3.63, 3.8) is 0 Å². The third kappa shape index (κ3) is 2.86. The molecule has 20 heavy (non-hydrogen) atoms. The fourth-order valence-corrected chi connectivity index (χ4v) is 2.42. The third-order valence-corrected chi connectivity index (χ3v) is 3.35. The molecular formula is C14H10BrF4N. The molecule has 0 heterocycles. The largest absolute Gasteiger partial charge is 0.309 e. The third-order valence-electron chi connectivity index (χ3n) is 2.89. The van der Waals surface area contributed by atoms with Crippen molar-refractivity contribution in [2.24, 2.45) is 0 Å². The zero-order valence-corrected chi connectivity index (χ0v) is 11.9. The van der Waals surface area contributed by atoms with Crippen LogP contribution in [-0.2, 0) is 0 Å². The maximum Gasteiger partial charge on any atom is 0.132 e. The minimum atomic E-state index is -1.13. The molecule has 0 aliphatic rings. The van der Waals surface area contributed by atoms with Crippen molar-refractivity contribution in [1.29, 1.82) is 0 Å². The van der Waals surface area contributed by atoms with Gasteiger partial charge in [-0.05, 0) is 37.4 Å². The van der Waals surface area contributed by atoms with Crippen LogP contribution in [0.5, 0.6) is 0 Å². The van der Waals surface area contributed by atoms with E-state index in [4.69, 9.17) is 0 Å². The monoisotopic (exact) mass is 347 g/mol. The van der Waals surface area contributed by atoms with Gasteiger partial charge in [0.05, 0.1) is 6.04 Å². The molecule has 0 aliphatic carbocycles. The van der Waals surface area contributed by atoms with E-state index in [2.05, 4.69) is 21.2 Å². The maximum absolute atomic E-state index is 13.9. The first-order chi connectivity index (χ1) is 9.43. The minimum absolute atomic E-state index is 0.160. The molecule has 0 fully saturated rings. The SMILES string of the molecule is CNC(c1cc(F)ccc1F)c1c(F)cc(Br)cc1F. The Balaban J connectivity index is 2.61. The topological polar surface area (TPSA) is 12.0 Å². The highest BCUT2D eigenvalue weighted by atomic mass is 79.9. The molecule has 0 aliphatic heterocycles. The molecule has 0 aromatic heterocycles. The quantitative estimate of drug-likeness (QED) is 0.815. The van der Waals surface area contributed by atoms with Crippen molar-refractivity contribution < 1.29 is 17.6 Å². The second-order valence-corrected chi connectivity index (χ2v) is 5.09. The average Bonchev–Trinajstić information content (AvgIpc) is 2.37. The van der Waals surface area contributed by atoms with Crippen LogP contribution in [0.15, 0.2) is 34.8 Å². The lowest BCUT2D eigenvalue weighted by Crippen LogP contribution is -2.22. The number of hydrogen-bond acceptors (Lipinski definition) is 1. The van der Waals surface area contributed by atoms with Gasteiger partial charge in [0.15, 0.2) is 0 Å². The van der Waals surface area contributed by atoms with Gasteiger partial charge < -0.3 is 5.32 Å². The second-order valence-electron chi connectivity index (χ2n) is 4.17. The van der Waals surface area contributed by atoms with Gasteiger partial charge in [0.2, 0.25) is 0 Å². The van der Waals surface area contributed by atoms with Gasteiger partial charge in [-0.15, -0.1) is 0 Å². The molecule has 0 spiro atoms. The van der Waals surface area contributed by atoms with Gasteiger partial charge in [0.1, 0.15) is 23.3 Å². The molecular weight excluding hydrogens is 338 g/mol. The zero-order valence-electron chi connectivity index (χ0n) is 10.4. The highest BCUT2D eigenvalue weighted by Crippen LogP contribution is 2.30. The number of benzene rings is 2. The van der Waals surface area contributed by atoms with Crippen molar-refractivity contribution >= 4 is 15.9 Å². The van der Waals surface area contributed by atoms with Crippen LogP contribution >= 0.6 is 15.9 Å². The summed E-state index contributed by atoms with van der Waals surface area (Å²) in [6, 6.07) is 3.79. The molecule has 2 aromatic rings. The highest BCUT2D eigenvalue weighted by molar-refractivity contribution is 9.10. The summed E-state index contributed by atoms with van der Waals surface area (Å²) in [6.07, 6.45) is 0. The normalized spacial score (nSPS) is 12.5. The van der Waals surface area contributed by atoms with Crippen LogP contribution in [0.1, 0.15) is 17.2 Å². The van der Waals surface area contributed by atoms with Gasteiger partial charge in [-0.2, -0.15) is 0 Å². The maximum atomic E-state index is 13.9. The van der Waals surface area contributed by atoms with Gasteiger partial charge in [-0.1, -0.05) is 15.9 Å². The van der Waals surface area contributed by atoms with E-state index >= 15 is 0 Å². The van der Waals surface area contributed by atoms with Crippen molar-refractivity contribution in [3.8, 4) is 0 Å². The first-order valence-electron chi connectivity index (χ1n) is 5.70. The molecule has 2 aromatic carbocycles. The first kappa shape index (κ1) is 15.0. The molecule has 1 nitrogen and oxygen atoms in total. The summed E-state index contributed by atoms with van der Waals surface area (Å²) in [4.78, 5) is 0. The summed E-state index contributed by atoms with van der Waals surface area (Å²) in [5.41, 5.74) is -0.521. The number of nitrogens with one attached hydrogen (secondary N) is 1. The van der Waals surface area contributed by atoms with Crippen LogP contribution in [0.3, 0.4) is 0 Å². The van der Waals surface area contributed by atoms with Crippen LogP contribution in [-0.4, -0.2) is 7.05 Å². The lowest BCUT2D eigenvalue weighted by molar-refractivity contribution is 0.503. The van der Waals surface area contributed by atoms with E-state index in [1.807, 2.05) is 0 Å². The standard InChI is InChI=1S/C14H10BrF4N/c1-20-14(9-6-8(16)2-3-10(9)17)13-11(18)4-7(15)5-12(13)19/h2-6,14,20H,1H3. The average molecular weight is 348 g/mol. The fraction of sp³-hybridized carbons (Fsp3) is 0.143. The first-order valence-corrected chi connectivity index (χ1v) is 6.50. The number of hydrogen-bond donors (Lipinski definition) is 1. The van der Waals surface area contributed by atoms with E-state index in [1.165, 1.54) is 7.05 Å². The molecule has 2 rings (SSSR count). The predicted molar refractivity (Wildman–Crippen MR) is 71.3 cm³/mol. The summed E-state index contributed by atoms with van der Waals surface area (Å²) < 4.78 is 55.1. The van der Waals surface area contributed by atoms with Crippen molar-refractivity contribution in [3.05, 3.63) is 69.2 Å². The van der Waals surface area contributed by atoms with Crippen molar-refractivity contribution in [1.82, 2.24) is 5.32 Å². The summed E-state index contributed by atoms with van der Waals surface area (Å²) >= 11 is 2.97. The molecule has 0 saturated carbocycles. The predicted octanol–water partition coefficient (Wildman–Crippen LogP) is 4.31. The van der Waals surface area contributed by atoms with Crippen LogP contribution in [0.4, 0.5) is 17.6 Å². The van der Waals surface area contributed by atoms with Crippen molar-refractivity contribution in [2.45, 2.75) is 6.04 Å². The lowest BCUT2D eigenvalue weighted by atomic mass is 9.97. The summed E-state index contributed by atoms with van der Waals surface area (Å²) in [5.74, 6) is -3.12. The molecule has 0 bridgehead atoms. The number of halogens is 5. The Kier molecular flexibility index (Phi) is 4.45. The molecule has 0 amide bonds. The Morgan fingerprint density at radius 1 is 0.950 bits per heavy atom. The highest BCUT2D eigenvalue weighted by Gasteiger charge is 2.24. The van der Waals surface area contributed by atoms with Gasteiger partial charge in [0.25, 0.3) is 0 Å². The van der Waals surface area contributed by atoms with E-state index in [1.54, 1.807) is 0 Å². The Bertz CT molecular complexity index is 622. The van der Waals surface area contributed by atoms with Gasteiger partial charge in [-0.25, -0.2) is 17.6 Å². The second kappa shape index (κ2) is 5.93. The van der Waals surface area contributed by atoms with Crippen LogP contribution in [0.25, 0.3) is 0 Å². The molecule has 0 radical (unpaired) electrons. The summed E-state index contributed by atoms with van der Waals surface area (Å²) in [7, 11) is 1.41. The van der Waals surface area contributed by atoms with E-state index in [0.717, 1.165) is 30.3 Å². The smallest absolute Gasteiger partial charge is 0.132 e. The Morgan fingerprint density at radius 3 is 2.10 bits per heavy atom. The van der Waals surface area contributed by atoms with Gasteiger partial charge >= 0.3 is 0 Å². The Labute approximate surface area is 121 Å². The number of rotatable bonds is 3. The summed E-state index contributed by atoms with van der Waals surface area (Å²) in [5, 5.41) is 2.60. The van der Waals surface area contributed by atoms with E-state index in [9.17, 15) is 17.6 Å². The Morgan fingerprint density at radius 2 is 1.55 bits per heavy atom. The molecule has 106 valence electrons. The lowest BCUT2D eigenvalue weighted by Gasteiger charge is -2.19. The minimum Gasteiger partial charge on any atom is -0.309 e. The van der Waals surface area contributed by atoms with Gasteiger partial charge in [0, 0.05) is 15.6 Å². The van der Waals surface area contributed by atoms with Gasteiger partial charge in [-0.3, -0.25) is 0 Å². The molecule has 0 saturated heterocycles. The van der Waals surface area contributed by atoms with Crippen molar-refractivity contribution in [2.75, 3.05) is 7.05 Å². The molecule has 1 N–H and O–H groups in total. The van der Waals surface area contributed by atoms with Crippen LogP contribution in [0.2, 0.25) is 0 Å². The molecule has 1 unspecified atom stereocenters. The van der Waals surface area contributed by atoms with Crippen LogP contribution in [0, 0.1) is 23.3 Å². The molecule has 1 atom stereocenters. The van der Waals surface area contributed by atoms with E-state index in [-0.39, 0.29) is 15.6 Å². The Hall–Kier alpha value is -1.40. The fourth-order valence-electron chi connectivity index (χ4n) is 2.02. The van der Waals surface area contributed by atoms with E-state index < -0.39 is 29.3 Å². The summed E-state index contributed by atoms with van der Waals surface area (Å²) in [6.45, 7) is 0. The zero-order chi connectivity index (χ0) is 14.9.